The maximum absolute atomic E-state index is 4.47. The van der Waals surface area contributed by atoms with E-state index >= 15 is 0 Å². The van der Waals surface area contributed by atoms with Crippen molar-refractivity contribution in [2.75, 3.05) is 0 Å². The second kappa shape index (κ2) is 3.20. The van der Waals surface area contributed by atoms with Gasteiger partial charge in [0.2, 0.25) is 0 Å². The normalized spacial score (nSPS) is 6.67. The van der Waals surface area contributed by atoms with Crippen LogP contribution in [0.2, 0.25) is 0 Å². The van der Waals surface area contributed by atoms with Crippen LogP contribution in [0.5, 0.6) is 0 Å². The summed E-state index contributed by atoms with van der Waals surface area (Å²) in [6.45, 7) is 0. The predicted molar refractivity (Wildman–Crippen MR) is 25.0 cm³/mol. The average molecular weight is 199 g/mol. The minimum Gasteiger partial charge on any atom is -0.452 e. The Hall–Kier alpha value is -0.000390. The molecular weight excluding hydrogens is 194 g/mol. The van der Waals surface area contributed by atoms with Gasteiger partial charge < -0.3 is 4.42 Å². The molecule has 0 aliphatic heterocycles. The van der Waals surface area contributed by atoms with Crippen LogP contribution in [-0.2, 0) is 0 Å². The Morgan fingerprint density at radius 3 is 2.50 bits per heavy atom. The predicted octanol–water partition coefficient (Wildman–Crippen LogP) is -0.242. The Balaban J connectivity index is 0.000000250. The molecule has 6 heavy (non-hydrogen) atoms. The molecule has 34 valence electrons. The van der Waals surface area contributed by atoms with Gasteiger partial charge in [0.1, 0.15) is 6.26 Å². The zero-order valence-corrected chi connectivity index (χ0v) is 5.94. The third-order valence-electron chi connectivity index (χ3n) is 0.347. The third kappa shape index (κ3) is 1.44. The average Bonchev–Trinajstić information content (AvgIpc) is 1.76. The molecular formula is C3H5NOTe. The van der Waals surface area contributed by atoms with Crippen LogP contribution in [0, 0.1) is 0 Å². The van der Waals surface area contributed by atoms with Crippen LogP contribution >= 0.6 is 0 Å². The number of hydrogen-bond donors (Lipinski definition) is 0. The van der Waals surface area contributed by atoms with E-state index in [1.165, 1.54) is 12.7 Å². The molecule has 1 heterocycles. The third-order valence-corrected chi connectivity index (χ3v) is 0.347. The number of oxazole rings is 1. The van der Waals surface area contributed by atoms with Crippen LogP contribution in [0.15, 0.2) is 23.3 Å². The van der Waals surface area contributed by atoms with Gasteiger partial charge >= 0.3 is 23.7 Å². The molecule has 0 amide bonds. The Kier molecular flexibility index (Phi) is 3.20. The van der Waals surface area contributed by atoms with E-state index in [4.69, 9.17) is 0 Å². The fourth-order valence-corrected chi connectivity index (χ4v) is 0.176. The van der Waals surface area contributed by atoms with E-state index in [9.17, 15) is 0 Å². The molecule has 0 bridgehead atoms. The first-order valence-electron chi connectivity index (χ1n) is 1.32. The largest absolute Gasteiger partial charge is 0.452 e. The van der Waals surface area contributed by atoms with Gasteiger partial charge in [-0.3, -0.25) is 0 Å². The molecule has 1 aromatic heterocycles. The van der Waals surface area contributed by atoms with Gasteiger partial charge in [-0.25, -0.2) is 4.98 Å². The molecule has 3 heteroatoms. The summed E-state index contributed by atoms with van der Waals surface area (Å²) in [5.41, 5.74) is 0. The molecule has 0 fully saturated rings. The molecule has 0 saturated heterocycles. The van der Waals surface area contributed by atoms with E-state index < -0.39 is 0 Å². The van der Waals surface area contributed by atoms with Gasteiger partial charge in [-0.05, 0) is 0 Å². The summed E-state index contributed by atoms with van der Waals surface area (Å²) < 4.78 is 4.47. The number of nitrogens with zero attached hydrogens (tertiary/aromatic N) is 1. The summed E-state index contributed by atoms with van der Waals surface area (Å²) >= 11 is 0. The van der Waals surface area contributed by atoms with E-state index in [0.717, 1.165) is 0 Å². The number of rotatable bonds is 0. The summed E-state index contributed by atoms with van der Waals surface area (Å²) in [6, 6.07) is 0. The van der Waals surface area contributed by atoms with Gasteiger partial charge in [0.05, 0.1) is 6.20 Å². The van der Waals surface area contributed by atoms with Crippen molar-refractivity contribution in [3.8, 4) is 0 Å². The zero-order chi connectivity index (χ0) is 3.54. The monoisotopic (exact) mass is 201 g/mol. The molecule has 0 aliphatic carbocycles. The Morgan fingerprint density at radius 1 is 1.50 bits per heavy atom. The first-order valence-corrected chi connectivity index (χ1v) is 1.32. The van der Waals surface area contributed by atoms with Crippen molar-refractivity contribution in [1.82, 2.24) is 4.98 Å². The Bertz CT molecular complexity index is 67.3. The molecule has 0 aromatic carbocycles. The van der Waals surface area contributed by atoms with Crippen LogP contribution in [0.3, 0.4) is 0 Å². The number of hydrogen-bond acceptors (Lipinski definition) is 2. The minimum atomic E-state index is 0. The standard InChI is InChI=1S/C3H3NO.H2Te/c1-2-5-3-4-1;/h1-3H;1H2. The fourth-order valence-electron chi connectivity index (χ4n) is 0.176. The first kappa shape index (κ1) is 6.00. The molecule has 0 spiro atoms. The molecule has 0 radical (unpaired) electrons. The smallest absolute Gasteiger partial charge is 0.180 e. The van der Waals surface area contributed by atoms with Crippen molar-refractivity contribution in [2.45, 2.75) is 0 Å². The zero-order valence-electron chi connectivity index (χ0n) is 3.09. The maximum atomic E-state index is 4.47. The van der Waals surface area contributed by atoms with E-state index in [1.807, 2.05) is 0 Å². The van der Waals surface area contributed by atoms with E-state index in [-0.39, 0.29) is 23.7 Å². The van der Waals surface area contributed by atoms with Gasteiger partial charge in [0.15, 0.2) is 6.39 Å². The van der Waals surface area contributed by atoms with Crippen LogP contribution in [0.4, 0.5) is 0 Å². The van der Waals surface area contributed by atoms with Crippen molar-refractivity contribution in [3.05, 3.63) is 18.9 Å². The second-order valence-corrected chi connectivity index (χ2v) is 0.676. The van der Waals surface area contributed by atoms with Crippen LogP contribution in [0.25, 0.3) is 0 Å². The van der Waals surface area contributed by atoms with Crippen molar-refractivity contribution in [1.29, 1.82) is 0 Å². The second-order valence-electron chi connectivity index (χ2n) is 0.676. The van der Waals surface area contributed by atoms with Crippen LogP contribution in [0.1, 0.15) is 0 Å². The summed E-state index contributed by atoms with van der Waals surface area (Å²) in [7, 11) is 0. The van der Waals surface area contributed by atoms with Gasteiger partial charge in [0, 0.05) is 0 Å². The molecule has 2 nitrogen and oxygen atoms in total. The van der Waals surface area contributed by atoms with Crippen molar-refractivity contribution in [3.63, 3.8) is 0 Å². The van der Waals surface area contributed by atoms with Crippen molar-refractivity contribution < 1.29 is 4.42 Å². The molecule has 0 aliphatic rings. The van der Waals surface area contributed by atoms with Gasteiger partial charge in [-0.1, -0.05) is 0 Å². The molecule has 0 unspecified atom stereocenters. The summed E-state index contributed by atoms with van der Waals surface area (Å²) in [6.07, 6.45) is 4.47. The van der Waals surface area contributed by atoms with Gasteiger partial charge in [-0.15, -0.1) is 0 Å². The van der Waals surface area contributed by atoms with Crippen molar-refractivity contribution >= 4 is 23.7 Å². The summed E-state index contributed by atoms with van der Waals surface area (Å²) in [5.74, 6) is 0. The molecule has 1 rings (SSSR count). The molecule has 0 N–H and O–H groups in total. The minimum absolute atomic E-state index is 0. The maximum Gasteiger partial charge on any atom is 0.180 e. The Labute approximate surface area is 52.3 Å². The first-order chi connectivity index (χ1) is 2.50. The van der Waals surface area contributed by atoms with Crippen LogP contribution in [-0.4, -0.2) is 28.7 Å². The van der Waals surface area contributed by atoms with Gasteiger partial charge in [0.25, 0.3) is 0 Å². The van der Waals surface area contributed by atoms with E-state index in [0.29, 0.717) is 0 Å². The van der Waals surface area contributed by atoms with E-state index in [1.54, 1.807) is 6.20 Å². The Morgan fingerprint density at radius 2 is 2.33 bits per heavy atom. The topological polar surface area (TPSA) is 26.0 Å². The van der Waals surface area contributed by atoms with Crippen LogP contribution < -0.4 is 0 Å². The quantitative estimate of drug-likeness (QED) is 0.538. The molecule has 0 atom stereocenters. The summed E-state index contributed by atoms with van der Waals surface area (Å²) in [4.78, 5) is 3.56. The van der Waals surface area contributed by atoms with Gasteiger partial charge in [-0.2, -0.15) is 0 Å². The number of aromatic nitrogens is 1. The van der Waals surface area contributed by atoms with E-state index in [2.05, 4.69) is 9.40 Å². The molecule has 0 saturated carbocycles. The molecule has 1 aromatic rings. The van der Waals surface area contributed by atoms with Crippen molar-refractivity contribution in [2.24, 2.45) is 0 Å². The summed E-state index contributed by atoms with van der Waals surface area (Å²) in [5, 5.41) is 0. The fraction of sp³-hybridized carbons (Fsp3) is 0. The SMILES string of the molecule is [TeH2].c1cocn1.